The Kier molecular flexibility index (Phi) is 5.49. The van der Waals surface area contributed by atoms with Gasteiger partial charge in [0.15, 0.2) is 0 Å². The van der Waals surface area contributed by atoms with Crippen LogP contribution in [0.5, 0.6) is 0 Å². The molecule has 22 heavy (non-hydrogen) atoms. The molecule has 0 fully saturated rings. The summed E-state index contributed by atoms with van der Waals surface area (Å²) in [7, 11) is 0. The van der Waals surface area contributed by atoms with E-state index in [0.29, 0.717) is 6.42 Å². The highest BCUT2D eigenvalue weighted by atomic mass is 32.1. The Labute approximate surface area is 134 Å². The number of hydrogen-bond acceptors (Lipinski definition) is 5. The topological polar surface area (TPSA) is 65.3 Å². The number of aromatic nitrogens is 1. The number of aryl methyl sites for hydroxylation is 2. The van der Waals surface area contributed by atoms with Crippen LogP contribution in [0.1, 0.15) is 35.5 Å². The van der Waals surface area contributed by atoms with E-state index >= 15 is 0 Å². The van der Waals surface area contributed by atoms with E-state index in [2.05, 4.69) is 29.7 Å². The van der Waals surface area contributed by atoms with Gasteiger partial charge in [0.2, 0.25) is 0 Å². The Balaban J connectivity index is 2.29. The molecular formula is C16H19N2O3S. The summed E-state index contributed by atoms with van der Waals surface area (Å²) in [6.45, 7) is 6.27. The van der Waals surface area contributed by atoms with Crippen molar-refractivity contribution in [2.45, 2.75) is 40.0 Å². The summed E-state index contributed by atoms with van der Waals surface area (Å²) in [6, 6.07) is 7.29. The molecule has 1 aromatic carbocycles. The van der Waals surface area contributed by atoms with Gasteiger partial charge in [-0.3, -0.25) is 0 Å². The Morgan fingerprint density at radius 2 is 2.18 bits per heavy atom. The molecular weight excluding hydrogens is 300 g/mol. The van der Waals surface area contributed by atoms with E-state index in [1.54, 1.807) is 11.3 Å². The predicted octanol–water partition coefficient (Wildman–Crippen LogP) is 3.79. The monoisotopic (exact) mass is 319 g/mol. The molecule has 1 radical (unpaired) electrons. The van der Waals surface area contributed by atoms with Crippen LogP contribution in [0.3, 0.4) is 0 Å². The van der Waals surface area contributed by atoms with Gasteiger partial charge in [-0.25, -0.2) is 4.98 Å². The zero-order valence-corrected chi connectivity index (χ0v) is 13.8. The molecule has 117 valence electrons. The Morgan fingerprint density at radius 3 is 2.82 bits per heavy atom. The van der Waals surface area contributed by atoms with Crippen LogP contribution in [0.4, 0.5) is 0 Å². The van der Waals surface area contributed by atoms with Gasteiger partial charge in [-0.05, 0) is 37.0 Å². The second-order valence-electron chi connectivity index (χ2n) is 4.89. The Morgan fingerprint density at radius 1 is 1.41 bits per heavy atom. The number of hydrogen-bond donors (Lipinski definition) is 0. The molecule has 0 amide bonds. The zero-order chi connectivity index (χ0) is 16.1. The van der Waals surface area contributed by atoms with Crippen molar-refractivity contribution >= 4 is 11.3 Å². The van der Waals surface area contributed by atoms with Crippen LogP contribution in [0, 0.1) is 23.1 Å². The van der Waals surface area contributed by atoms with E-state index in [9.17, 15) is 10.1 Å². The highest BCUT2D eigenvalue weighted by Gasteiger charge is 2.14. The van der Waals surface area contributed by atoms with Crippen LogP contribution in [0.2, 0.25) is 0 Å². The molecule has 1 aromatic heterocycles. The van der Waals surface area contributed by atoms with E-state index in [1.807, 2.05) is 19.1 Å². The smallest absolute Gasteiger partial charge is 0.294 e. The standard InChI is InChI=1S/C16H19N2O3S/c1-4-12-7-6-8-14(13(12)5-2)16-17-11(3)15(22-16)9-10-21-18(19)20/h6,8H,4-5,9-10H2,1-3H3. The van der Waals surface area contributed by atoms with Gasteiger partial charge in [0, 0.05) is 16.9 Å². The van der Waals surface area contributed by atoms with Crippen molar-refractivity contribution in [3.8, 4) is 10.6 Å². The van der Waals surface area contributed by atoms with Gasteiger partial charge >= 0.3 is 0 Å². The van der Waals surface area contributed by atoms with Gasteiger partial charge in [-0.15, -0.1) is 21.5 Å². The second-order valence-corrected chi connectivity index (χ2v) is 5.97. The average Bonchev–Trinajstić information content (AvgIpc) is 2.87. The molecule has 0 aliphatic rings. The number of nitrogens with zero attached hydrogens (tertiary/aromatic N) is 2. The second kappa shape index (κ2) is 7.35. The molecule has 6 heteroatoms. The minimum Gasteiger partial charge on any atom is -0.314 e. The van der Waals surface area contributed by atoms with Crippen molar-refractivity contribution in [1.29, 1.82) is 0 Å². The van der Waals surface area contributed by atoms with Crippen LogP contribution in [-0.4, -0.2) is 16.7 Å². The van der Waals surface area contributed by atoms with Crippen LogP contribution >= 0.6 is 11.3 Å². The first-order valence-electron chi connectivity index (χ1n) is 7.33. The molecule has 0 N–H and O–H groups in total. The minimum absolute atomic E-state index is 0.0683. The zero-order valence-electron chi connectivity index (χ0n) is 13.0. The Hall–Kier alpha value is -1.95. The van der Waals surface area contributed by atoms with Gasteiger partial charge in [0.25, 0.3) is 5.09 Å². The molecule has 0 saturated carbocycles. The first-order chi connectivity index (χ1) is 10.6. The van der Waals surface area contributed by atoms with Gasteiger partial charge in [0.05, 0.1) is 5.69 Å². The van der Waals surface area contributed by atoms with Gasteiger partial charge in [-0.2, -0.15) is 0 Å². The van der Waals surface area contributed by atoms with Gasteiger partial charge < -0.3 is 4.84 Å². The minimum atomic E-state index is -0.757. The summed E-state index contributed by atoms with van der Waals surface area (Å²) in [5.74, 6) is 0. The quantitative estimate of drug-likeness (QED) is 0.575. The number of rotatable bonds is 7. The van der Waals surface area contributed by atoms with E-state index in [4.69, 9.17) is 0 Å². The molecule has 0 bridgehead atoms. The Bertz CT molecular complexity index is 667. The lowest BCUT2D eigenvalue weighted by Gasteiger charge is -2.09. The third kappa shape index (κ3) is 3.62. The molecule has 0 unspecified atom stereocenters. The van der Waals surface area contributed by atoms with Crippen LogP contribution in [0.25, 0.3) is 10.6 Å². The van der Waals surface area contributed by atoms with Crippen molar-refractivity contribution < 1.29 is 9.92 Å². The van der Waals surface area contributed by atoms with Crippen molar-refractivity contribution in [3.63, 3.8) is 0 Å². The highest BCUT2D eigenvalue weighted by molar-refractivity contribution is 7.15. The lowest BCUT2D eigenvalue weighted by molar-refractivity contribution is -0.757. The third-order valence-corrected chi connectivity index (χ3v) is 4.80. The van der Waals surface area contributed by atoms with Crippen molar-refractivity contribution in [3.05, 3.63) is 50.0 Å². The molecule has 0 aliphatic heterocycles. The van der Waals surface area contributed by atoms with Crippen molar-refractivity contribution in [2.24, 2.45) is 0 Å². The van der Waals surface area contributed by atoms with Gasteiger partial charge in [0.1, 0.15) is 11.6 Å². The summed E-state index contributed by atoms with van der Waals surface area (Å²) >= 11 is 1.59. The fourth-order valence-electron chi connectivity index (χ4n) is 2.48. The van der Waals surface area contributed by atoms with E-state index < -0.39 is 5.09 Å². The third-order valence-electron chi connectivity index (χ3n) is 3.55. The van der Waals surface area contributed by atoms with Crippen LogP contribution in [0.15, 0.2) is 12.1 Å². The van der Waals surface area contributed by atoms with Crippen LogP contribution in [-0.2, 0) is 24.1 Å². The maximum absolute atomic E-state index is 10.2. The predicted molar refractivity (Wildman–Crippen MR) is 86.5 cm³/mol. The summed E-state index contributed by atoms with van der Waals surface area (Å²) in [5.41, 5.74) is 4.57. The fourth-order valence-corrected chi connectivity index (χ4v) is 3.58. The van der Waals surface area contributed by atoms with E-state index in [0.717, 1.165) is 34.0 Å². The number of benzene rings is 1. The molecule has 2 rings (SSSR count). The summed E-state index contributed by atoms with van der Waals surface area (Å²) in [4.78, 5) is 20.3. The maximum atomic E-state index is 10.2. The molecule has 0 saturated heterocycles. The SMILES string of the molecule is CCc1[c]ccc(-c2nc(C)c(CCO[N+](=O)[O-])s2)c1CC. The molecule has 0 atom stereocenters. The summed E-state index contributed by atoms with van der Waals surface area (Å²) in [5, 5.41) is 10.4. The lowest BCUT2D eigenvalue weighted by Crippen LogP contribution is -2.04. The molecule has 0 aliphatic carbocycles. The summed E-state index contributed by atoms with van der Waals surface area (Å²) in [6.07, 6.45) is 2.39. The average molecular weight is 319 g/mol. The van der Waals surface area contributed by atoms with E-state index in [-0.39, 0.29) is 6.61 Å². The molecule has 1 heterocycles. The van der Waals surface area contributed by atoms with Crippen LogP contribution < -0.4 is 0 Å². The normalized spacial score (nSPS) is 10.7. The lowest BCUT2D eigenvalue weighted by atomic mass is 9.97. The first-order valence-corrected chi connectivity index (χ1v) is 8.14. The highest BCUT2D eigenvalue weighted by Crippen LogP contribution is 2.32. The fraction of sp³-hybridized carbons (Fsp3) is 0.438. The van der Waals surface area contributed by atoms with Crippen molar-refractivity contribution in [1.82, 2.24) is 4.98 Å². The molecule has 5 nitrogen and oxygen atoms in total. The molecule has 2 aromatic rings. The van der Waals surface area contributed by atoms with Gasteiger partial charge in [-0.1, -0.05) is 26.0 Å². The summed E-state index contributed by atoms with van der Waals surface area (Å²) < 4.78 is 0. The largest absolute Gasteiger partial charge is 0.314 e. The maximum Gasteiger partial charge on any atom is 0.294 e. The van der Waals surface area contributed by atoms with E-state index in [1.165, 1.54) is 11.1 Å². The first kappa shape index (κ1) is 16.4. The molecule has 0 spiro atoms. The number of thiazole rings is 1. The van der Waals surface area contributed by atoms with Crippen molar-refractivity contribution in [2.75, 3.05) is 6.61 Å².